The molecular formula is C60H73ClN16O19S3. The molecule has 0 unspecified atom stereocenters. The number of carbonyl (C=O) groups excluding carboxylic acids is 10. The lowest BCUT2D eigenvalue weighted by Crippen LogP contribution is -2.27. The highest BCUT2D eigenvalue weighted by Gasteiger charge is 2.25. The van der Waals surface area contributed by atoms with Gasteiger partial charge in [-0.15, -0.1) is 34.0 Å². The molecular weight excluding hydrogens is 1380 g/mol. The number of rotatable bonds is 15. The van der Waals surface area contributed by atoms with E-state index in [2.05, 4.69) is 77.5 Å². The van der Waals surface area contributed by atoms with Crippen LogP contribution in [0.1, 0.15) is 146 Å². The van der Waals surface area contributed by atoms with E-state index in [-0.39, 0.29) is 50.4 Å². The fraction of sp³-hybridized carbons (Fsp3) is 0.333. The summed E-state index contributed by atoms with van der Waals surface area (Å²) in [7, 11) is 12.0. The summed E-state index contributed by atoms with van der Waals surface area (Å²) in [5, 5.41) is 29.3. The van der Waals surface area contributed by atoms with Crippen LogP contribution in [0.3, 0.4) is 0 Å². The molecule has 6 amide bonds. The molecule has 39 heteroatoms. The third-order valence-electron chi connectivity index (χ3n) is 11.6. The zero-order valence-corrected chi connectivity index (χ0v) is 59.7. The molecule has 8 aromatic rings. The van der Waals surface area contributed by atoms with E-state index >= 15 is 0 Å². The molecule has 99 heavy (non-hydrogen) atoms. The van der Waals surface area contributed by atoms with Crippen molar-refractivity contribution in [2.75, 3.05) is 53.2 Å². The Bertz CT molecular complexity index is 4210. The first-order valence-corrected chi connectivity index (χ1v) is 31.4. The highest BCUT2D eigenvalue weighted by atomic mass is 35.5. The van der Waals surface area contributed by atoms with Gasteiger partial charge in [-0.2, -0.15) is 5.53 Å². The monoisotopic (exact) mass is 1450 g/mol. The van der Waals surface area contributed by atoms with Crippen molar-refractivity contribution < 1.29 is 91.0 Å². The quantitative estimate of drug-likeness (QED) is 0.0268. The molecule has 35 nitrogen and oxygen atoms in total. The second-order valence-corrected chi connectivity index (χ2v) is 25.6. The number of hydrogen-bond acceptors (Lipinski definition) is 26. The number of nitrogens with zero attached hydrogens (tertiary/aromatic N) is 9. The number of ether oxygens (including phenoxy) is 7. The van der Waals surface area contributed by atoms with Crippen LogP contribution in [0.5, 0.6) is 5.75 Å². The molecule has 8 N–H and O–H groups in total. The van der Waals surface area contributed by atoms with Crippen LogP contribution >= 0.6 is 45.8 Å². The van der Waals surface area contributed by atoms with Crippen molar-refractivity contribution in [1.29, 1.82) is 5.53 Å². The number of aryl methyl sites for hydroxylation is 5. The third kappa shape index (κ3) is 26.0. The maximum atomic E-state index is 12.7. The van der Waals surface area contributed by atoms with E-state index in [1.165, 1.54) is 98.4 Å². The number of hydrogen-bond donors (Lipinski definition) is 8. The van der Waals surface area contributed by atoms with E-state index < -0.39 is 76.7 Å². The second kappa shape index (κ2) is 35.7. The molecule has 0 saturated heterocycles. The summed E-state index contributed by atoms with van der Waals surface area (Å²) in [6.45, 7) is 15.7. The van der Waals surface area contributed by atoms with Crippen LogP contribution < -0.4 is 36.6 Å². The van der Waals surface area contributed by atoms with Crippen molar-refractivity contribution in [2.45, 2.75) is 79.1 Å². The van der Waals surface area contributed by atoms with Crippen LogP contribution in [0.15, 0.2) is 87.6 Å². The van der Waals surface area contributed by atoms with E-state index in [1.807, 2.05) is 0 Å². The molecule has 0 atom stereocenters. The first-order valence-electron chi connectivity index (χ1n) is 28.4. The van der Waals surface area contributed by atoms with Gasteiger partial charge in [0, 0.05) is 88.4 Å². The topological polar surface area (TPSA) is 444 Å². The van der Waals surface area contributed by atoms with E-state index in [4.69, 9.17) is 29.6 Å². The smallest absolute Gasteiger partial charge is 0.413 e. The number of carboxylic acid groups (broad SMARTS) is 1. The summed E-state index contributed by atoms with van der Waals surface area (Å²) in [6.07, 6.45) is 5.84. The molecule has 0 aliphatic rings. The highest BCUT2D eigenvalue weighted by molar-refractivity contribution is 7.14. The number of aromatic nitrogens is 8. The lowest BCUT2D eigenvalue weighted by Gasteiger charge is -2.19. The normalized spacial score (nSPS) is 10.6. The molecule has 0 saturated carbocycles. The maximum Gasteiger partial charge on any atom is 0.413 e. The van der Waals surface area contributed by atoms with E-state index in [0.717, 1.165) is 22.7 Å². The summed E-state index contributed by atoms with van der Waals surface area (Å²) in [4.78, 5) is 142. The van der Waals surface area contributed by atoms with Gasteiger partial charge in [-0.05, 0) is 86.6 Å². The molecule has 0 fully saturated rings. The third-order valence-corrected chi connectivity index (χ3v) is 13.7. The maximum absolute atomic E-state index is 12.7. The lowest BCUT2D eigenvalue weighted by molar-refractivity contribution is 0.0581. The van der Waals surface area contributed by atoms with Crippen molar-refractivity contribution in [3.05, 3.63) is 129 Å². The zero-order valence-electron chi connectivity index (χ0n) is 56.5. The van der Waals surface area contributed by atoms with Crippen molar-refractivity contribution in [2.24, 2.45) is 39.9 Å². The standard InChI is InChI=1S/C22H25N5O7S.C16H20N4O5S.C11H11N3O3S.C11H16N2O4.ClHN2/c1-22(2,3)34-21(31)23-12-7-15(26(4)9-12)17(28)25-20-24-14(11-35-20)18(29)33-13-8-16(19(30)32-6)27(5)10-13;1-16(2,3)25-15(23)19-14-18-10(8-26-14)12(21)17-9-6-11(13(22)24-5)20(4)7-9;1-14-4-7(3-9(14)11(16)17-2)13-10(15)8-5-18-6-12-8;1-11(2,3)17-10(16)12-7-5-8(9(14)15)13(4)6-7;1-3-2/h7-11H,1-6H3,(H,23,31)(H,24,25,28);6-8H,1-5H3,(H,17,21)(H,18,19,23);3-6H,1-2H3,(H,13,15);5-6H,1-4H3,(H,12,16)(H,14,15);2H. The van der Waals surface area contributed by atoms with Gasteiger partial charge in [-0.25, -0.2) is 53.3 Å². The second-order valence-electron chi connectivity index (χ2n) is 23.0. The van der Waals surface area contributed by atoms with E-state index in [9.17, 15) is 52.7 Å². The minimum Gasteiger partial charge on any atom is -0.477 e. The van der Waals surface area contributed by atoms with Crippen molar-refractivity contribution in [1.82, 2.24) is 37.8 Å². The largest absolute Gasteiger partial charge is 0.477 e. The number of nitrogens with one attached hydrogen (secondary N) is 7. The Morgan fingerprint density at radius 1 is 0.465 bits per heavy atom. The number of amides is 6. The molecule has 8 rings (SSSR count). The Kier molecular flexibility index (Phi) is 28.9. The van der Waals surface area contributed by atoms with E-state index in [1.54, 1.807) is 138 Å². The Morgan fingerprint density at radius 3 is 1.23 bits per heavy atom. The molecule has 0 bridgehead atoms. The highest BCUT2D eigenvalue weighted by Crippen LogP contribution is 2.25. The SMILES string of the molecule is COC(=O)c1cc(NC(=O)c2csc(NC(=O)OC(C)(C)C)n2)cn1C.COC(=O)c1cc(NC(=O)c2cscn2)cn1C.COC(=O)c1cc(OC(=O)c2csc(NC(=O)c3cc(NC(=O)OC(C)(C)C)cn3C)n2)cn1C.Cn1cc(NC(=O)OC(C)(C)C)cc1C(=O)O.N=NCl. The Balaban J connectivity index is 0.000000288. The summed E-state index contributed by atoms with van der Waals surface area (Å²) < 4.78 is 44.3. The summed E-state index contributed by atoms with van der Waals surface area (Å²) in [6, 6.07) is 7.27. The Labute approximate surface area is 582 Å². The van der Waals surface area contributed by atoms with Crippen LogP contribution in [-0.4, -0.2) is 147 Å². The molecule has 532 valence electrons. The first kappa shape index (κ1) is 80.2. The molecule has 8 heterocycles. The molecule has 0 aliphatic carbocycles. The van der Waals surface area contributed by atoms with Crippen LogP contribution in [0.25, 0.3) is 0 Å². The van der Waals surface area contributed by atoms with Crippen LogP contribution in [-0.2, 0) is 63.7 Å². The van der Waals surface area contributed by atoms with Gasteiger partial charge in [0.15, 0.2) is 16.0 Å². The number of carbonyl (C=O) groups is 11. The van der Waals surface area contributed by atoms with Gasteiger partial charge in [-0.3, -0.25) is 35.7 Å². The first-order chi connectivity index (χ1) is 46.2. The summed E-state index contributed by atoms with van der Waals surface area (Å²) >= 11 is 7.77. The van der Waals surface area contributed by atoms with Crippen LogP contribution in [0.4, 0.5) is 47.4 Å². The van der Waals surface area contributed by atoms with Gasteiger partial charge >= 0.3 is 48.1 Å². The molecule has 0 aromatic carbocycles. The van der Waals surface area contributed by atoms with Crippen molar-refractivity contribution in [3.8, 4) is 5.75 Å². The number of thiazole rings is 3. The fourth-order valence-electron chi connectivity index (χ4n) is 7.61. The molecule has 8 aromatic heterocycles. The van der Waals surface area contributed by atoms with Crippen molar-refractivity contribution >= 4 is 145 Å². The number of methoxy groups -OCH3 is 3. The molecule has 0 aliphatic heterocycles. The van der Waals surface area contributed by atoms with Crippen LogP contribution in [0.2, 0.25) is 0 Å². The average Bonchev–Trinajstić information content (AvgIpc) is 1.73. The summed E-state index contributed by atoms with van der Waals surface area (Å²) in [5.74, 6) is -4.47. The van der Waals surface area contributed by atoms with Gasteiger partial charge in [0.25, 0.3) is 17.7 Å². The average molecular weight is 1450 g/mol. The van der Waals surface area contributed by atoms with Crippen LogP contribution in [0, 0.1) is 5.53 Å². The number of halogens is 1. The minimum atomic E-state index is -1.05. The Hall–Kier alpha value is -11.2. The minimum absolute atomic E-state index is 0.0204. The predicted molar refractivity (Wildman–Crippen MR) is 364 cm³/mol. The van der Waals surface area contributed by atoms with Crippen molar-refractivity contribution in [3.63, 3.8) is 0 Å². The summed E-state index contributed by atoms with van der Waals surface area (Å²) in [5.41, 5.74) is 8.69. The molecule has 0 spiro atoms. The number of esters is 4. The van der Waals surface area contributed by atoms with Gasteiger partial charge in [0.2, 0.25) is 0 Å². The molecule has 0 radical (unpaired) electrons. The predicted octanol–water partition coefficient (Wildman–Crippen LogP) is 11.1. The fourth-order valence-corrected chi connectivity index (χ4v) is 9.50. The van der Waals surface area contributed by atoms with Gasteiger partial charge in [0.1, 0.15) is 62.4 Å². The lowest BCUT2D eigenvalue weighted by atomic mass is 10.2. The zero-order chi connectivity index (χ0) is 74.4. The van der Waals surface area contributed by atoms with E-state index in [0.29, 0.717) is 39.8 Å². The number of carboxylic acids is 1. The van der Waals surface area contributed by atoms with Gasteiger partial charge in [0.05, 0.1) is 61.4 Å². The number of anilines is 6. The van der Waals surface area contributed by atoms with Gasteiger partial charge < -0.3 is 71.7 Å². The van der Waals surface area contributed by atoms with Gasteiger partial charge in [-0.1, -0.05) is 4.63 Å². The number of aromatic carboxylic acids is 1. The Morgan fingerprint density at radius 2 is 0.818 bits per heavy atom.